The van der Waals surface area contributed by atoms with Crippen molar-refractivity contribution in [3.63, 3.8) is 0 Å². The zero-order chi connectivity index (χ0) is 15.4. The third-order valence-corrected chi connectivity index (χ3v) is 2.96. The molecule has 0 saturated heterocycles. The molecule has 0 atom stereocenters. The van der Waals surface area contributed by atoms with Crippen LogP contribution in [0.3, 0.4) is 0 Å². The molecule has 0 spiro atoms. The summed E-state index contributed by atoms with van der Waals surface area (Å²) in [5.41, 5.74) is 7.69. The summed E-state index contributed by atoms with van der Waals surface area (Å²) in [7, 11) is 3.10. The van der Waals surface area contributed by atoms with Gasteiger partial charge in [-0.3, -0.25) is 0 Å². The van der Waals surface area contributed by atoms with E-state index in [1.165, 1.54) is 12.1 Å². The van der Waals surface area contributed by atoms with Crippen LogP contribution in [0.5, 0.6) is 11.5 Å². The van der Waals surface area contributed by atoms with Crippen molar-refractivity contribution in [2.45, 2.75) is 0 Å². The molecule has 0 radical (unpaired) electrons. The minimum absolute atomic E-state index is 0.159. The summed E-state index contributed by atoms with van der Waals surface area (Å²) in [4.78, 5) is 11.0. The number of carbonyl (C=O) groups is 1. The first-order valence-electron chi connectivity index (χ1n) is 6.17. The van der Waals surface area contributed by atoms with Gasteiger partial charge < -0.3 is 25.6 Å². The van der Waals surface area contributed by atoms with Gasteiger partial charge in [0.2, 0.25) is 0 Å². The fraction of sp³-hybridized carbons (Fsp3) is 0.133. The van der Waals surface area contributed by atoms with E-state index in [2.05, 4.69) is 5.32 Å². The highest BCUT2D eigenvalue weighted by Crippen LogP contribution is 2.32. The summed E-state index contributed by atoms with van der Waals surface area (Å²) in [6, 6.07) is 9.76. The molecular weight excluding hydrogens is 272 g/mol. The summed E-state index contributed by atoms with van der Waals surface area (Å²) in [5.74, 6) is 0.163. The molecule has 0 aliphatic carbocycles. The Morgan fingerprint density at radius 3 is 2.43 bits per heavy atom. The zero-order valence-electron chi connectivity index (χ0n) is 11.7. The van der Waals surface area contributed by atoms with Crippen molar-refractivity contribution < 1.29 is 19.4 Å². The van der Waals surface area contributed by atoms with Gasteiger partial charge in [-0.15, -0.1) is 0 Å². The molecule has 0 unspecified atom stereocenters. The van der Waals surface area contributed by atoms with Crippen LogP contribution in [0.4, 0.5) is 17.1 Å². The highest BCUT2D eigenvalue weighted by molar-refractivity contribution is 5.91. The molecule has 2 aromatic rings. The predicted octanol–water partition coefficient (Wildman–Crippen LogP) is 2.73. The van der Waals surface area contributed by atoms with Crippen molar-refractivity contribution in [2.75, 3.05) is 25.3 Å². The maximum Gasteiger partial charge on any atom is 0.335 e. The van der Waals surface area contributed by atoms with Gasteiger partial charge in [0.25, 0.3) is 0 Å². The number of nitrogen functional groups attached to an aromatic ring is 1. The van der Waals surface area contributed by atoms with Crippen molar-refractivity contribution in [2.24, 2.45) is 0 Å². The molecule has 110 valence electrons. The number of ether oxygens (including phenoxy) is 2. The van der Waals surface area contributed by atoms with Crippen LogP contribution >= 0.6 is 0 Å². The number of rotatable bonds is 5. The Hall–Kier alpha value is -2.89. The van der Waals surface area contributed by atoms with Crippen LogP contribution in [0.15, 0.2) is 36.4 Å². The van der Waals surface area contributed by atoms with E-state index in [1.807, 2.05) is 0 Å². The lowest BCUT2D eigenvalue weighted by molar-refractivity contribution is 0.0697. The monoisotopic (exact) mass is 288 g/mol. The Bertz CT molecular complexity index is 671. The molecule has 0 aromatic heterocycles. The number of carboxylic acid groups (broad SMARTS) is 1. The molecule has 21 heavy (non-hydrogen) atoms. The third-order valence-electron chi connectivity index (χ3n) is 2.96. The highest BCUT2D eigenvalue weighted by Gasteiger charge is 2.09. The van der Waals surface area contributed by atoms with Crippen LogP contribution in [0.2, 0.25) is 0 Å². The number of nitrogens with two attached hydrogens (primary N) is 1. The number of hydrogen-bond donors (Lipinski definition) is 3. The predicted molar refractivity (Wildman–Crippen MR) is 80.6 cm³/mol. The minimum Gasteiger partial charge on any atom is -0.493 e. The zero-order valence-corrected chi connectivity index (χ0v) is 11.7. The largest absolute Gasteiger partial charge is 0.493 e. The average molecular weight is 288 g/mol. The van der Waals surface area contributed by atoms with Crippen molar-refractivity contribution in [1.29, 1.82) is 0 Å². The number of methoxy groups -OCH3 is 2. The van der Waals surface area contributed by atoms with Gasteiger partial charge in [-0.2, -0.15) is 0 Å². The molecule has 6 heteroatoms. The van der Waals surface area contributed by atoms with Gasteiger partial charge in [-0.25, -0.2) is 4.79 Å². The SMILES string of the molecule is COc1ccc(Nc2cc(C(=O)O)ccc2N)cc1OC. The van der Waals surface area contributed by atoms with Crippen LogP contribution in [0.25, 0.3) is 0 Å². The second kappa shape index (κ2) is 6.04. The number of carboxylic acids is 1. The van der Waals surface area contributed by atoms with E-state index < -0.39 is 5.97 Å². The summed E-state index contributed by atoms with van der Waals surface area (Å²) < 4.78 is 10.4. The number of anilines is 3. The van der Waals surface area contributed by atoms with Gasteiger partial charge in [0.05, 0.1) is 31.2 Å². The molecule has 0 bridgehead atoms. The molecule has 0 aliphatic heterocycles. The maximum absolute atomic E-state index is 11.0. The first kappa shape index (κ1) is 14.5. The van der Waals surface area contributed by atoms with Gasteiger partial charge >= 0.3 is 5.97 Å². The standard InChI is InChI=1S/C15H16N2O4/c1-20-13-6-4-10(8-14(13)21-2)17-12-7-9(15(18)19)3-5-11(12)16/h3-8,17H,16H2,1-2H3,(H,18,19). The Labute approximate surface area is 122 Å². The van der Waals surface area contributed by atoms with Gasteiger partial charge in [-0.05, 0) is 30.3 Å². The molecular formula is C15H16N2O4. The van der Waals surface area contributed by atoms with Crippen LogP contribution in [-0.2, 0) is 0 Å². The second-order valence-electron chi connectivity index (χ2n) is 4.30. The molecule has 0 amide bonds. The van der Waals surface area contributed by atoms with E-state index in [0.717, 1.165) is 0 Å². The number of hydrogen-bond acceptors (Lipinski definition) is 5. The quantitative estimate of drug-likeness (QED) is 0.732. The average Bonchev–Trinajstić information content (AvgIpc) is 2.49. The fourth-order valence-electron chi connectivity index (χ4n) is 1.87. The lowest BCUT2D eigenvalue weighted by Crippen LogP contribution is -2.01. The van der Waals surface area contributed by atoms with Crippen LogP contribution in [0, 0.1) is 0 Å². The summed E-state index contributed by atoms with van der Waals surface area (Å²) in [5, 5.41) is 12.1. The number of nitrogens with one attached hydrogen (secondary N) is 1. The molecule has 0 saturated carbocycles. The summed E-state index contributed by atoms with van der Waals surface area (Å²) >= 11 is 0. The lowest BCUT2D eigenvalue weighted by atomic mass is 10.1. The normalized spacial score (nSPS) is 10.0. The molecule has 6 nitrogen and oxygen atoms in total. The summed E-state index contributed by atoms with van der Waals surface area (Å²) in [6.07, 6.45) is 0. The molecule has 2 rings (SSSR count). The topological polar surface area (TPSA) is 93.8 Å². The maximum atomic E-state index is 11.0. The summed E-state index contributed by atoms with van der Waals surface area (Å²) in [6.45, 7) is 0. The lowest BCUT2D eigenvalue weighted by Gasteiger charge is -2.13. The Morgan fingerprint density at radius 1 is 1.10 bits per heavy atom. The van der Waals surface area contributed by atoms with E-state index in [4.69, 9.17) is 20.3 Å². The van der Waals surface area contributed by atoms with E-state index in [9.17, 15) is 4.79 Å². The van der Waals surface area contributed by atoms with Crippen molar-refractivity contribution >= 4 is 23.0 Å². The first-order valence-corrected chi connectivity index (χ1v) is 6.17. The molecule has 0 fully saturated rings. The smallest absolute Gasteiger partial charge is 0.335 e. The van der Waals surface area contributed by atoms with Crippen LogP contribution < -0.4 is 20.5 Å². The second-order valence-corrected chi connectivity index (χ2v) is 4.30. The Balaban J connectivity index is 2.33. The highest BCUT2D eigenvalue weighted by atomic mass is 16.5. The third kappa shape index (κ3) is 3.17. The first-order chi connectivity index (χ1) is 10.0. The number of benzene rings is 2. The fourth-order valence-corrected chi connectivity index (χ4v) is 1.87. The molecule has 0 aliphatic rings. The van der Waals surface area contributed by atoms with Gasteiger partial charge in [0.15, 0.2) is 11.5 Å². The Kier molecular flexibility index (Phi) is 4.18. The van der Waals surface area contributed by atoms with E-state index in [-0.39, 0.29) is 5.56 Å². The molecule has 2 aromatic carbocycles. The Morgan fingerprint density at radius 2 is 1.81 bits per heavy atom. The van der Waals surface area contributed by atoms with Crippen LogP contribution in [0.1, 0.15) is 10.4 Å². The molecule has 0 heterocycles. The van der Waals surface area contributed by atoms with Crippen LogP contribution in [-0.4, -0.2) is 25.3 Å². The van der Waals surface area contributed by atoms with Gasteiger partial charge in [0.1, 0.15) is 0 Å². The van der Waals surface area contributed by atoms with Crippen molar-refractivity contribution in [3.8, 4) is 11.5 Å². The van der Waals surface area contributed by atoms with Gasteiger partial charge in [0, 0.05) is 11.8 Å². The minimum atomic E-state index is -1.01. The number of aromatic carboxylic acids is 1. The van der Waals surface area contributed by atoms with E-state index in [1.54, 1.807) is 38.5 Å². The van der Waals surface area contributed by atoms with E-state index in [0.29, 0.717) is 28.6 Å². The van der Waals surface area contributed by atoms with Crippen molar-refractivity contribution in [3.05, 3.63) is 42.0 Å². The van der Waals surface area contributed by atoms with Gasteiger partial charge in [-0.1, -0.05) is 0 Å². The molecule has 4 N–H and O–H groups in total. The van der Waals surface area contributed by atoms with Crippen molar-refractivity contribution in [1.82, 2.24) is 0 Å². The van der Waals surface area contributed by atoms with E-state index >= 15 is 0 Å².